The van der Waals surface area contributed by atoms with Crippen molar-refractivity contribution in [2.24, 2.45) is 10.8 Å². The molecule has 2 aromatic heterocycles. The molecule has 7 nitrogen and oxygen atoms in total. The first-order chi connectivity index (χ1) is 18.6. The van der Waals surface area contributed by atoms with Gasteiger partial charge in [0.25, 0.3) is 0 Å². The minimum absolute atomic E-state index is 0. The zero-order valence-electron chi connectivity index (χ0n) is 24.0. The van der Waals surface area contributed by atoms with Gasteiger partial charge in [-0.3, -0.25) is 4.79 Å². The second kappa shape index (κ2) is 16.6. The number of aromatic nitrogens is 2. The summed E-state index contributed by atoms with van der Waals surface area (Å²) in [5.74, 6) is 1.82. The van der Waals surface area contributed by atoms with Crippen molar-refractivity contribution in [1.82, 2.24) is 9.97 Å². The minimum atomic E-state index is -0.337. The first-order valence-corrected chi connectivity index (χ1v) is 13.2. The molecule has 1 aromatic carbocycles. The summed E-state index contributed by atoms with van der Waals surface area (Å²) in [6.07, 6.45) is 7.99. The van der Waals surface area contributed by atoms with Gasteiger partial charge in [-0.1, -0.05) is 59.7 Å². The molecule has 0 unspecified atom stereocenters. The number of aliphatic hydroxyl groups is 1. The average Bonchev–Trinajstić information content (AvgIpc) is 2.97. The van der Waals surface area contributed by atoms with Crippen LogP contribution in [0, 0.1) is 28.2 Å². The Balaban J connectivity index is 0.000000406. The number of hydrogen-bond donors (Lipinski definition) is 1. The van der Waals surface area contributed by atoms with Crippen LogP contribution in [0.1, 0.15) is 72.8 Å². The van der Waals surface area contributed by atoms with Crippen molar-refractivity contribution in [2.45, 2.75) is 67.2 Å². The van der Waals surface area contributed by atoms with E-state index in [1.807, 2.05) is 53.7 Å². The monoisotopic (exact) mass is 723 g/mol. The first-order valence-electron chi connectivity index (χ1n) is 13.2. The molecule has 1 N–H and O–H groups in total. The van der Waals surface area contributed by atoms with Crippen LogP contribution in [0.5, 0.6) is 23.3 Å². The van der Waals surface area contributed by atoms with Gasteiger partial charge in [0.15, 0.2) is 5.78 Å². The Labute approximate surface area is 252 Å². The van der Waals surface area contributed by atoms with Crippen molar-refractivity contribution in [1.29, 1.82) is 5.26 Å². The molecule has 0 fully saturated rings. The number of nitriles is 1. The fourth-order valence-electron chi connectivity index (χ4n) is 3.42. The maximum atomic E-state index is 12.2. The summed E-state index contributed by atoms with van der Waals surface area (Å²) in [6, 6.07) is 18.8. The Kier molecular flexibility index (Phi) is 14.3. The fourth-order valence-corrected chi connectivity index (χ4v) is 3.42. The number of carbonyl (C=O) groups excluding carboxylic acids is 1. The van der Waals surface area contributed by atoms with Crippen LogP contribution in [-0.4, -0.2) is 20.9 Å². The summed E-state index contributed by atoms with van der Waals surface area (Å²) >= 11 is 0. The zero-order chi connectivity index (χ0) is 28.9. The van der Waals surface area contributed by atoms with Crippen LogP contribution in [0.25, 0.3) is 0 Å². The van der Waals surface area contributed by atoms with Crippen molar-refractivity contribution in [3.05, 3.63) is 84.4 Å². The van der Waals surface area contributed by atoms with Gasteiger partial charge in [0.05, 0.1) is 6.07 Å². The van der Waals surface area contributed by atoms with Crippen molar-refractivity contribution >= 4 is 5.78 Å². The van der Waals surface area contributed by atoms with Crippen LogP contribution in [0.2, 0.25) is 0 Å². The van der Waals surface area contributed by atoms with E-state index in [4.69, 9.17) is 14.7 Å². The normalized spacial score (nSPS) is 11.3. The number of benzene rings is 1. The quantitative estimate of drug-likeness (QED) is 0.120. The molecule has 216 valence electrons. The number of allylic oxidation sites excluding steroid dienone is 2. The van der Waals surface area contributed by atoms with Gasteiger partial charge in [0.2, 0.25) is 11.8 Å². The van der Waals surface area contributed by atoms with Crippen LogP contribution in [0.15, 0.2) is 72.8 Å². The molecule has 0 aliphatic heterocycles. The second-order valence-corrected chi connectivity index (χ2v) is 9.68. The van der Waals surface area contributed by atoms with Crippen molar-refractivity contribution in [2.75, 3.05) is 0 Å². The fraction of sp³-hybridized carbons (Fsp3) is 0.375. The number of ketones is 1. The largest absolute Gasteiger partial charge is 0.512 e. The standard InChI is InChI=1S/C17H10N3O2.C15H28O2.Pt/c18-12-13-9-14(21-16-5-1-3-7-19-16)11-15(10-13)22-17-6-2-4-8-20-17;1-7-14(5,8-2)12(16)11-13(17)15(6,9-3)10-4;/h1-10H;11,16H,7-10H2,1-6H3;/q-1;;/b;12-11-;. The van der Waals surface area contributed by atoms with E-state index in [9.17, 15) is 9.90 Å². The number of aliphatic hydroxyl groups excluding tert-OH is 1. The van der Waals surface area contributed by atoms with E-state index in [2.05, 4.69) is 22.1 Å². The molecule has 3 aromatic rings. The molecule has 0 aliphatic rings. The third kappa shape index (κ3) is 9.92. The Bertz CT molecular complexity index is 1210. The molecule has 3 rings (SSSR count). The number of pyridine rings is 2. The summed E-state index contributed by atoms with van der Waals surface area (Å²) in [6.45, 7) is 12.1. The number of nitrogens with zero attached hydrogens (tertiary/aromatic N) is 3. The van der Waals surface area contributed by atoms with E-state index < -0.39 is 0 Å². The molecule has 0 spiro atoms. The molecule has 0 amide bonds. The van der Waals surface area contributed by atoms with Crippen molar-refractivity contribution in [3.63, 3.8) is 0 Å². The summed E-state index contributed by atoms with van der Waals surface area (Å²) < 4.78 is 11.2. The number of carbonyl (C=O) groups is 1. The van der Waals surface area contributed by atoms with Gasteiger partial charge in [0.1, 0.15) is 5.76 Å². The van der Waals surface area contributed by atoms with Crippen LogP contribution in [0.4, 0.5) is 0 Å². The van der Waals surface area contributed by atoms with E-state index in [1.165, 1.54) is 6.08 Å². The van der Waals surface area contributed by atoms with E-state index in [0.29, 0.717) is 28.8 Å². The van der Waals surface area contributed by atoms with Crippen LogP contribution in [-0.2, 0) is 25.9 Å². The molecule has 0 saturated heterocycles. The van der Waals surface area contributed by atoms with Crippen LogP contribution in [0.3, 0.4) is 0 Å². The topological polar surface area (TPSA) is 105 Å². The molecular formula is C32H38N3O4Pt-. The predicted octanol–water partition coefficient (Wildman–Crippen LogP) is 8.38. The number of ether oxygens (including phenoxy) is 2. The van der Waals surface area contributed by atoms with Gasteiger partial charge in [-0.2, -0.15) is 5.26 Å². The van der Waals surface area contributed by atoms with E-state index in [1.54, 1.807) is 48.8 Å². The van der Waals surface area contributed by atoms with E-state index in [0.717, 1.165) is 25.7 Å². The average molecular weight is 724 g/mol. The smallest absolute Gasteiger partial charge is 0.216 e. The molecule has 0 atom stereocenters. The molecule has 0 bridgehead atoms. The van der Waals surface area contributed by atoms with E-state index in [-0.39, 0.29) is 43.4 Å². The van der Waals surface area contributed by atoms with Gasteiger partial charge in [-0.25, -0.2) is 9.97 Å². The molecule has 8 heteroatoms. The van der Waals surface area contributed by atoms with Gasteiger partial charge >= 0.3 is 0 Å². The van der Waals surface area contributed by atoms with Crippen LogP contribution >= 0.6 is 0 Å². The zero-order valence-corrected chi connectivity index (χ0v) is 26.3. The molecule has 0 saturated carbocycles. The SMILES string of the molecule is CCC(C)(CC)C(=O)/C=C(\O)C(C)(CC)CC.N#Cc1cc(Oc2ccccn2)[c-]c(Oc2ccccn2)c1.[Pt]. The third-order valence-electron chi connectivity index (χ3n) is 7.26. The summed E-state index contributed by atoms with van der Waals surface area (Å²) in [5, 5.41) is 19.2. The Morgan fingerprint density at radius 3 is 1.70 bits per heavy atom. The summed E-state index contributed by atoms with van der Waals surface area (Å²) in [5.41, 5.74) is -0.204. The van der Waals surface area contributed by atoms with Crippen LogP contribution < -0.4 is 9.47 Å². The maximum Gasteiger partial charge on any atom is 0.216 e. The van der Waals surface area contributed by atoms with Gasteiger partial charge in [-0.15, -0.1) is 12.1 Å². The summed E-state index contributed by atoms with van der Waals surface area (Å²) in [4.78, 5) is 20.3. The number of hydrogen-bond acceptors (Lipinski definition) is 7. The Morgan fingerprint density at radius 2 is 1.35 bits per heavy atom. The molecule has 0 radical (unpaired) electrons. The third-order valence-corrected chi connectivity index (χ3v) is 7.26. The number of rotatable bonds is 11. The van der Waals surface area contributed by atoms with E-state index >= 15 is 0 Å². The molecule has 0 aliphatic carbocycles. The first kappa shape index (κ1) is 34.5. The minimum Gasteiger partial charge on any atom is -0.512 e. The second-order valence-electron chi connectivity index (χ2n) is 9.68. The maximum absolute atomic E-state index is 12.2. The van der Waals surface area contributed by atoms with Gasteiger partial charge in [-0.05, 0) is 43.4 Å². The predicted molar refractivity (Wildman–Crippen MR) is 152 cm³/mol. The van der Waals surface area contributed by atoms with Gasteiger partial charge < -0.3 is 14.6 Å². The van der Waals surface area contributed by atoms with Crippen molar-refractivity contribution < 1.29 is 40.4 Å². The Morgan fingerprint density at radius 1 is 0.900 bits per heavy atom. The van der Waals surface area contributed by atoms with Crippen molar-refractivity contribution in [3.8, 4) is 29.3 Å². The molecule has 40 heavy (non-hydrogen) atoms. The molecule has 2 heterocycles. The Hall–Kier alpha value is -3.49. The molecular weight excluding hydrogens is 685 g/mol. The summed E-state index contributed by atoms with van der Waals surface area (Å²) in [7, 11) is 0. The van der Waals surface area contributed by atoms with Gasteiger partial charge in [0, 0.05) is 74.0 Å².